The van der Waals surface area contributed by atoms with Crippen LogP contribution in [-0.2, 0) is 16.6 Å². The lowest BCUT2D eigenvalue weighted by molar-refractivity contribution is -0.126. The van der Waals surface area contributed by atoms with E-state index in [2.05, 4.69) is 15.4 Å². The summed E-state index contributed by atoms with van der Waals surface area (Å²) in [4.78, 5) is 28.1. The molecule has 0 fully saturated rings. The minimum atomic E-state index is -0.343. The standard InChI is InChI=1S/C16H22N4O2S/c1-16(2,3)13(21)6-5-7-14(22)19-15-18-12(10-23-15)11-8-17-20(4)9-11/h8-10H,5-7H2,1-4H3,(H,18,19,22). The van der Waals surface area contributed by atoms with E-state index in [1.165, 1.54) is 11.3 Å². The van der Waals surface area contributed by atoms with E-state index in [-0.39, 0.29) is 17.1 Å². The predicted molar refractivity (Wildman–Crippen MR) is 91.3 cm³/mol. The largest absolute Gasteiger partial charge is 0.302 e. The summed E-state index contributed by atoms with van der Waals surface area (Å²) in [5, 5.41) is 9.33. The third-order valence-corrected chi connectivity index (χ3v) is 4.15. The second kappa shape index (κ2) is 7.04. The number of ketones is 1. The summed E-state index contributed by atoms with van der Waals surface area (Å²) < 4.78 is 1.71. The number of hydrogen-bond donors (Lipinski definition) is 1. The summed E-state index contributed by atoms with van der Waals surface area (Å²) >= 11 is 1.38. The van der Waals surface area contributed by atoms with Crippen molar-refractivity contribution < 1.29 is 9.59 Å². The van der Waals surface area contributed by atoms with Gasteiger partial charge in [-0.15, -0.1) is 11.3 Å². The number of carbonyl (C=O) groups excluding carboxylic acids is 2. The van der Waals surface area contributed by atoms with Gasteiger partial charge in [0.05, 0.1) is 11.9 Å². The Hall–Kier alpha value is -2.02. The van der Waals surface area contributed by atoms with Crippen molar-refractivity contribution in [1.29, 1.82) is 0 Å². The Labute approximate surface area is 139 Å². The third-order valence-electron chi connectivity index (χ3n) is 3.40. The van der Waals surface area contributed by atoms with Gasteiger partial charge in [-0.2, -0.15) is 5.10 Å². The van der Waals surface area contributed by atoms with Gasteiger partial charge in [0.2, 0.25) is 5.91 Å². The normalized spacial score (nSPS) is 11.5. The highest BCUT2D eigenvalue weighted by molar-refractivity contribution is 7.14. The molecule has 0 aliphatic heterocycles. The summed E-state index contributed by atoms with van der Waals surface area (Å²) in [6.07, 6.45) is 4.92. The minimum absolute atomic E-state index is 0.112. The summed E-state index contributed by atoms with van der Waals surface area (Å²) in [6, 6.07) is 0. The molecule has 0 aliphatic rings. The van der Waals surface area contributed by atoms with Crippen LogP contribution in [0.2, 0.25) is 0 Å². The molecular formula is C16H22N4O2S. The number of nitrogens with zero attached hydrogens (tertiary/aromatic N) is 3. The first-order valence-electron chi connectivity index (χ1n) is 7.53. The highest BCUT2D eigenvalue weighted by Crippen LogP contribution is 2.24. The molecule has 0 saturated carbocycles. The van der Waals surface area contributed by atoms with E-state index in [4.69, 9.17) is 0 Å². The molecule has 0 aromatic carbocycles. The van der Waals surface area contributed by atoms with Crippen LogP contribution in [-0.4, -0.2) is 26.5 Å². The molecule has 2 heterocycles. The highest BCUT2D eigenvalue weighted by atomic mass is 32.1. The Morgan fingerprint density at radius 2 is 2.04 bits per heavy atom. The highest BCUT2D eigenvalue weighted by Gasteiger charge is 2.20. The fraction of sp³-hybridized carbons (Fsp3) is 0.500. The molecule has 1 N–H and O–H groups in total. The zero-order valence-electron chi connectivity index (χ0n) is 13.9. The first-order valence-corrected chi connectivity index (χ1v) is 8.41. The van der Waals surface area contributed by atoms with Crippen molar-refractivity contribution in [3.8, 4) is 11.3 Å². The zero-order valence-corrected chi connectivity index (χ0v) is 14.7. The number of anilines is 1. The molecule has 1 amide bonds. The number of aromatic nitrogens is 3. The minimum Gasteiger partial charge on any atom is -0.302 e. The van der Waals surface area contributed by atoms with Crippen LogP contribution in [0.25, 0.3) is 11.3 Å². The molecule has 124 valence electrons. The summed E-state index contributed by atoms with van der Waals surface area (Å²) in [5.41, 5.74) is 1.37. The lowest BCUT2D eigenvalue weighted by Crippen LogP contribution is -2.20. The molecule has 0 saturated heterocycles. The van der Waals surface area contributed by atoms with Crippen molar-refractivity contribution in [1.82, 2.24) is 14.8 Å². The second-order valence-electron chi connectivity index (χ2n) is 6.52. The van der Waals surface area contributed by atoms with Crippen LogP contribution in [0.3, 0.4) is 0 Å². The molecule has 6 nitrogen and oxygen atoms in total. The predicted octanol–water partition coefficient (Wildman–Crippen LogP) is 3.27. The Kier molecular flexibility index (Phi) is 5.30. The van der Waals surface area contributed by atoms with Crippen LogP contribution in [0.4, 0.5) is 5.13 Å². The van der Waals surface area contributed by atoms with Gasteiger partial charge in [-0.25, -0.2) is 4.98 Å². The van der Waals surface area contributed by atoms with Crippen LogP contribution in [0.15, 0.2) is 17.8 Å². The van der Waals surface area contributed by atoms with Crippen LogP contribution in [0.5, 0.6) is 0 Å². The molecule has 0 aliphatic carbocycles. The molecule has 0 bridgehead atoms. The van der Waals surface area contributed by atoms with E-state index < -0.39 is 0 Å². The van der Waals surface area contributed by atoms with Gasteiger partial charge < -0.3 is 5.32 Å². The first kappa shape index (κ1) is 17.3. The Balaban J connectivity index is 1.82. The zero-order chi connectivity index (χ0) is 17.0. The SMILES string of the molecule is Cn1cc(-c2csc(NC(=O)CCCC(=O)C(C)(C)C)n2)cn1. The number of carbonyl (C=O) groups is 2. The Morgan fingerprint density at radius 1 is 1.30 bits per heavy atom. The van der Waals surface area contributed by atoms with Gasteiger partial charge in [-0.05, 0) is 6.42 Å². The maximum Gasteiger partial charge on any atom is 0.226 e. The van der Waals surface area contributed by atoms with Gasteiger partial charge in [0, 0.05) is 42.4 Å². The molecular weight excluding hydrogens is 312 g/mol. The quantitative estimate of drug-likeness (QED) is 0.879. The lowest BCUT2D eigenvalue weighted by atomic mass is 9.88. The van der Waals surface area contributed by atoms with Gasteiger partial charge in [0.15, 0.2) is 5.13 Å². The average molecular weight is 334 g/mol. The van der Waals surface area contributed by atoms with Crippen LogP contribution in [0, 0.1) is 5.41 Å². The molecule has 7 heteroatoms. The Bertz CT molecular complexity index is 697. The van der Waals surface area contributed by atoms with Crippen molar-refractivity contribution >= 4 is 28.2 Å². The molecule has 0 atom stereocenters. The van der Waals surface area contributed by atoms with E-state index in [1.807, 2.05) is 39.4 Å². The van der Waals surface area contributed by atoms with E-state index in [1.54, 1.807) is 10.9 Å². The first-order chi connectivity index (χ1) is 10.8. The number of amides is 1. The number of rotatable bonds is 6. The molecule has 2 rings (SSSR count). The summed E-state index contributed by atoms with van der Waals surface area (Å²) in [7, 11) is 1.84. The Morgan fingerprint density at radius 3 is 2.65 bits per heavy atom. The third kappa shape index (κ3) is 4.99. The number of nitrogens with one attached hydrogen (secondary N) is 1. The van der Waals surface area contributed by atoms with E-state index >= 15 is 0 Å². The monoisotopic (exact) mass is 334 g/mol. The van der Waals surface area contributed by atoms with Crippen molar-refractivity contribution in [2.24, 2.45) is 12.5 Å². The van der Waals surface area contributed by atoms with E-state index in [9.17, 15) is 9.59 Å². The van der Waals surface area contributed by atoms with Crippen LogP contribution < -0.4 is 5.32 Å². The lowest BCUT2D eigenvalue weighted by Gasteiger charge is -2.15. The summed E-state index contributed by atoms with van der Waals surface area (Å²) in [6.45, 7) is 5.68. The topological polar surface area (TPSA) is 76.9 Å². The molecule has 23 heavy (non-hydrogen) atoms. The van der Waals surface area contributed by atoms with Gasteiger partial charge >= 0.3 is 0 Å². The number of Topliss-reactive ketones (excluding diaryl/α,β-unsaturated/α-hetero) is 1. The van der Waals surface area contributed by atoms with Gasteiger partial charge in [-0.1, -0.05) is 20.8 Å². The maximum atomic E-state index is 11.9. The van der Waals surface area contributed by atoms with Gasteiger partial charge in [0.1, 0.15) is 5.78 Å². The van der Waals surface area contributed by atoms with E-state index in [0.29, 0.717) is 24.4 Å². The summed E-state index contributed by atoms with van der Waals surface area (Å²) in [5.74, 6) is 0.0669. The van der Waals surface area contributed by atoms with Crippen LogP contribution in [0.1, 0.15) is 40.0 Å². The molecule has 0 unspecified atom stereocenters. The fourth-order valence-corrected chi connectivity index (χ4v) is 2.72. The van der Waals surface area contributed by atoms with Crippen molar-refractivity contribution in [2.45, 2.75) is 40.0 Å². The number of aryl methyl sites for hydroxylation is 1. The molecule has 2 aromatic rings. The number of thiazole rings is 1. The molecule has 0 radical (unpaired) electrons. The van der Waals surface area contributed by atoms with Crippen molar-refractivity contribution in [3.63, 3.8) is 0 Å². The van der Waals surface area contributed by atoms with Crippen molar-refractivity contribution in [3.05, 3.63) is 17.8 Å². The molecule has 2 aromatic heterocycles. The van der Waals surface area contributed by atoms with Gasteiger partial charge in [-0.3, -0.25) is 14.3 Å². The smallest absolute Gasteiger partial charge is 0.226 e. The van der Waals surface area contributed by atoms with Crippen molar-refractivity contribution in [2.75, 3.05) is 5.32 Å². The van der Waals surface area contributed by atoms with Crippen LogP contribution >= 0.6 is 11.3 Å². The maximum absolute atomic E-state index is 11.9. The number of hydrogen-bond acceptors (Lipinski definition) is 5. The molecule has 0 spiro atoms. The average Bonchev–Trinajstić information content (AvgIpc) is 3.06. The van der Waals surface area contributed by atoms with E-state index in [0.717, 1.165) is 11.3 Å². The van der Waals surface area contributed by atoms with Gasteiger partial charge in [0.25, 0.3) is 0 Å². The second-order valence-corrected chi connectivity index (χ2v) is 7.37. The fourth-order valence-electron chi connectivity index (χ4n) is 1.98.